The lowest BCUT2D eigenvalue weighted by atomic mass is 10.0. The number of unbranched alkanes of at least 4 members (excludes halogenated alkanes) is 4. The van der Waals surface area contributed by atoms with Crippen LogP contribution in [0.4, 0.5) is 21.0 Å². The van der Waals surface area contributed by atoms with E-state index in [-0.39, 0.29) is 88.8 Å². The Labute approximate surface area is 465 Å². The lowest BCUT2D eigenvalue weighted by molar-refractivity contribution is -0.144. The first kappa shape index (κ1) is 61.8. The number of carbonyl (C=O) groups is 8. The van der Waals surface area contributed by atoms with Crippen LogP contribution in [-0.2, 0) is 82.8 Å². The van der Waals surface area contributed by atoms with Crippen molar-refractivity contribution in [3.05, 3.63) is 191 Å². The van der Waals surface area contributed by atoms with Gasteiger partial charge in [0.1, 0.15) is 0 Å². The average Bonchev–Trinajstić information content (AvgIpc) is 3.46. The van der Waals surface area contributed by atoms with E-state index in [1.807, 2.05) is 72.8 Å². The van der Waals surface area contributed by atoms with E-state index in [1.54, 1.807) is 24.3 Å². The average molecular weight is 1100 g/mol. The van der Waals surface area contributed by atoms with Gasteiger partial charge in [0, 0.05) is 23.5 Å². The van der Waals surface area contributed by atoms with Crippen LogP contribution in [0.3, 0.4) is 0 Å². The standard InChI is InChI=1S/C62H68N2O16/c1-3-55(65)73-33-5-6-35-75-57(67)43-49-17-13-45(14-18-49)41-46-15-19-50(20-16-46)44-58(68)76-36-7-9-37-77-59(69)51-25-27-52(28-26-51)60(70)78-38-10-12-40-80-62(72)64-54-31-23-48(24-32-54)42-47-21-29-53(30-22-47)63-61(71)79-39-11-8-34-74-56(66)4-2/h3-4,13-32H,1-2,5-12,33-44H2,(H,63,71)(H,64,72). The second kappa shape index (κ2) is 35.4. The Morgan fingerprint density at radius 2 is 0.588 bits per heavy atom. The smallest absolute Gasteiger partial charge is 0.411 e. The highest BCUT2D eigenvalue weighted by Gasteiger charge is 2.13. The Hall–Kier alpha value is -9.06. The third-order valence-electron chi connectivity index (χ3n) is 11.8. The fourth-order valence-corrected chi connectivity index (χ4v) is 7.40. The minimum absolute atomic E-state index is 0.105. The summed E-state index contributed by atoms with van der Waals surface area (Å²) >= 11 is 0. The summed E-state index contributed by atoms with van der Waals surface area (Å²) < 4.78 is 41.6. The number of anilines is 2. The molecule has 0 heterocycles. The predicted octanol–water partition coefficient (Wildman–Crippen LogP) is 10.4. The van der Waals surface area contributed by atoms with Gasteiger partial charge in [0.2, 0.25) is 0 Å². The number of amides is 2. The summed E-state index contributed by atoms with van der Waals surface area (Å²) in [4.78, 5) is 96.4. The largest absolute Gasteiger partial charge is 0.465 e. The molecule has 80 heavy (non-hydrogen) atoms. The Morgan fingerprint density at radius 3 is 0.900 bits per heavy atom. The summed E-state index contributed by atoms with van der Waals surface area (Å²) in [5, 5.41) is 5.37. The van der Waals surface area contributed by atoms with E-state index in [1.165, 1.54) is 24.3 Å². The normalized spacial score (nSPS) is 10.5. The second-order valence-electron chi connectivity index (χ2n) is 18.1. The van der Waals surface area contributed by atoms with E-state index in [9.17, 15) is 38.4 Å². The molecule has 0 fully saturated rings. The van der Waals surface area contributed by atoms with E-state index in [2.05, 4.69) is 23.8 Å². The number of hydrogen-bond acceptors (Lipinski definition) is 16. The molecule has 18 nitrogen and oxygen atoms in total. The molecule has 2 N–H and O–H groups in total. The van der Waals surface area contributed by atoms with Crippen LogP contribution in [-0.4, -0.2) is 101 Å². The van der Waals surface area contributed by atoms with Crippen LogP contribution in [0.1, 0.15) is 105 Å². The van der Waals surface area contributed by atoms with Crippen molar-refractivity contribution in [1.29, 1.82) is 0 Å². The summed E-state index contributed by atoms with van der Waals surface area (Å²) in [5.41, 5.74) is 7.48. The molecule has 2 amide bonds. The summed E-state index contributed by atoms with van der Waals surface area (Å²) in [6.07, 6.45) is 6.78. The highest BCUT2D eigenvalue weighted by atomic mass is 16.6. The van der Waals surface area contributed by atoms with Crippen molar-refractivity contribution < 1.29 is 76.3 Å². The zero-order valence-corrected chi connectivity index (χ0v) is 44.8. The summed E-state index contributed by atoms with van der Waals surface area (Å²) in [6.45, 7) is 8.12. The van der Waals surface area contributed by atoms with Gasteiger partial charge in [-0.05, 0) is 146 Å². The van der Waals surface area contributed by atoms with E-state index >= 15 is 0 Å². The molecular weight excluding hydrogens is 1030 g/mol. The van der Waals surface area contributed by atoms with Crippen molar-refractivity contribution in [3.63, 3.8) is 0 Å². The first-order valence-electron chi connectivity index (χ1n) is 26.4. The van der Waals surface area contributed by atoms with Crippen LogP contribution < -0.4 is 10.6 Å². The minimum Gasteiger partial charge on any atom is -0.465 e. The Kier molecular flexibility index (Phi) is 27.3. The van der Waals surface area contributed by atoms with Gasteiger partial charge in [-0.3, -0.25) is 20.2 Å². The Morgan fingerprint density at radius 1 is 0.325 bits per heavy atom. The Balaban J connectivity index is 0.847. The third-order valence-corrected chi connectivity index (χ3v) is 11.8. The second-order valence-corrected chi connectivity index (χ2v) is 18.1. The zero-order valence-electron chi connectivity index (χ0n) is 44.8. The van der Waals surface area contributed by atoms with Crippen LogP contribution in [0.15, 0.2) is 147 Å². The maximum absolute atomic E-state index is 12.6. The topological polar surface area (TPSA) is 234 Å². The number of rotatable bonds is 34. The maximum atomic E-state index is 12.6. The predicted molar refractivity (Wildman–Crippen MR) is 297 cm³/mol. The van der Waals surface area contributed by atoms with Crippen molar-refractivity contribution in [3.8, 4) is 0 Å². The Bertz CT molecular complexity index is 2600. The molecular formula is C62H68N2O16. The van der Waals surface area contributed by atoms with E-state index < -0.39 is 36.1 Å². The van der Waals surface area contributed by atoms with E-state index in [0.29, 0.717) is 75.6 Å². The van der Waals surface area contributed by atoms with Crippen molar-refractivity contribution in [2.24, 2.45) is 0 Å². The molecule has 422 valence electrons. The molecule has 0 aromatic heterocycles. The van der Waals surface area contributed by atoms with Gasteiger partial charge in [-0.1, -0.05) is 86.0 Å². The SMILES string of the molecule is C=CC(=O)OCCCCOC(=O)Cc1ccc(Cc2ccc(CC(=O)OCCCCOC(=O)c3ccc(C(=O)OCCCCOC(=O)Nc4ccc(Cc5ccc(NC(=O)OCCCCOC(=O)C=C)cc5)cc4)cc3)cc2)cc1. The van der Waals surface area contributed by atoms with Crippen LogP contribution in [0.2, 0.25) is 0 Å². The number of carbonyl (C=O) groups excluding carboxylic acids is 8. The van der Waals surface area contributed by atoms with Gasteiger partial charge in [0.05, 0.1) is 76.8 Å². The fraction of sp³-hybridized carbons (Fsp3) is 0.323. The maximum Gasteiger partial charge on any atom is 0.411 e. The molecule has 5 aromatic carbocycles. The summed E-state index contributed by atoms with van der Waals surface area (Å²) in [5.74, 6) is -2.76. The van der Waals surface area contributed by atoms with Gasteiger partial charge in [0.25, 0.3) is 0 Å². The molecule has 0 atom stereocenters. The number of ether oxygens (including phenoxy) is 8. The van der Waals surface area contributed by atoms with Gasteiger partial charge >= 0.3 is 48.0 Å². The van der Waals surface area contributed by atoms with Crippen molar-refractivity contribution in [2.45, 2.75) is 77.0 Å². The van der Waals surface area contributed by atoms with Gasteiger partial charge in [-0.2, -0.15) is 0 Å². The van der Waals surface area contributed by atoms with Crippen molar-refractivity contribution >= 4 is 59.4 Å². The molecule has 0 saturated heterocycles. The molecule has 0 spiro atoms. The molecule has 5 aromatic rings. The van der Waals surface area contributed by atoms with Gasteiger partial charge in [-0.15, -0.1) is 0 Å². The van der Waals surface area contributed by atoms with Crippen molar-refractivity contribution in [1.82, 2.24) is 0 Å². The minimum atomic E-state index is -0.615. The van der Waals surface area contributed by atoms with Crippen LogP contribution in [0.25, 0.3) is 0 Å². The monoisotopic (exact) mass is 1100 g/mol. The molecule has 0 radical (unpaired) electrons. The molecule has 18 heteroatoms. The lowest BCUT2D eigenvalue weighted by Gasteiger charge is -2.09. The van der Waals surface area contributed by atoms with Gasteiger partial charge in [0.15, 0.2) is 0 Å². The zero-order chi connectivity index (χ0) is 57.2. The number of esters is 6. The molecule has 0 unspecified atom stereocenters. The first-order valence-corrected chi connectivity index (χ1v) is 26.4. The molecule has 5 rings (SSSR count). The fourth-order valence-electron chi connectivity index (χ4n) is 7.40. The highest BCUT2D eigenvalue weighted by molar-refractivity contribution is 5.93. The molecule has 0 aliphatic carbocycles. The van der Waals surface area contributed by atoms with Crippen LogP contribution in [0.5, 0.6) is 0 Å². The quantitative estimate of drug-likeness (QED) is 0.0169. The molecule has 0 bridgehead atoms. The number of hydrogen-bond donors (Lipinski definition) is 2. The van der Waals surface area contributed by atoms with Crippen molar-refractivity contribution in [2.75, 3.05) is 63.5 Å². The third kappa shape index (κ3) is 24.9. The molecule has 0 aliphatic heterocycles. The lowest BCUT2D eigenvalue weighted by Crippen LogP contribution is -2.15. The van der Waals surface area contributed by atoms with Gasteiger partial charge in [-0.25, -0.2) is 28.8 Å². The molecule has 0 aliphatic rings. The van der Waals surface area contributed by atoms with Gasteiger partial charge < -0.3 is 37.9 Å². The van der Waals surface area contributed by atoms with Crippen LogP contribution >= 0.6 is 0 Å². The van der Waals surface area contributed by atoms with E-state index in [4.69, 9.17) is 37.9 Å². The summed E-state index contributed by atoms with van der Waals surface area (Å²) in [7, 11) is 0. The number of benzene rings is 5. The van der Waals surface area contributed by atoms with E-state index in [0.717, 1.165) is 45.5 Å². The first-order chi connectivity index (χ1) is 38.8. The summed E-state index contributed by atoms with van der Waals surface area (Å²) in [6, 6.07) is 36.0. The molecule has 0 saturated carbocycles. The van der Waals surface area contributed by atoms with Crippen LogP contribution in [0, 0.1) is 0 Å². The highest BCUT2D eigenvalue weighted by Crippen LogP contribution is 2.18. The number of nitrogens with one attached hydrogen (secondary N) is 2.